The van der Waals surface area contributed by atoms with E-state index in [1.165, 1.54) is 6.08 Å². The number of hydrogen-bond acceptors (Lipinski definition) is 3. The van der Waals surface area contributed by atoms with Crippen molar-refractivity contribution in [1.29, 1.82) is 0 Å². The van der Waals surface area contributed by atoms with E-state index in [4.69, 9.17) is 4.74 Å². The van der Waals surface area contributed by atoms with E-state index in [0.717, 1.165) is 21.2 Å². The van der Waals surface area contributed by atoms with Crippen molar-refractivity contribution in [3.05, 3.63) is 69.7 Å². The number of anilines is 1. The molecule has 130 valence electrons. The third-order valence-electron chi connectivity index (χ3n) is 3.61. The summed E-state index contributed by atoms with van der Waals surface area (Å²) < 4.78 is 6.03. The van der Waals surface area contributed by atoms with Gasteiger partial charge in [-0.3, -0.25) is 4.79 Å². The summed E-state index contributed by atoms with van der Waals surface area (Å²) in [7, 11) is 0. The Labute approximate surface area is 156 Å². The highest BCUT2D eigenvalue weighted by Gasteiger charge is 2.17. The molecule has 25 heavy (non-hydrogen) atoms. The Morgan fingerprint density at radius 2 is 1.88 bits per heavy atom. The maximum Gasteiger partial charge on any atom is 0.331 e. The molecule has 1 N–H and O–H groups in total. The van der Waals surface area contributed by atoms with E-state index >= 15 is 0 Å². The van der Waals surface area contributed by atoms with Crippen LogP contribution in [0, 0.1) is 13.8 Å². The molecule has 2 aromatic carbocycles. The number of nitrogens with one attached hydrogen (secondary N) is 1. The molecule has 0 aromatic heterocycles. The lowest BCUT2D eigenvalue weighted by Gasteiger charge is -2.14. The van der Waals surface area contributed by atoms with Gasteiger partial charge in [0.15, 0.2) is 6.10 Å². The van der Waals surface area contributed by atoms with Crippen LogP contribution < -0.4 is 5.32 Å². The number of amides is 1. The Bertz CT molecular complexity index is 814. The number of esters is 1. The standard InChI is InChI=1S/C20H20BrNO3/c1-13-8-10-18(14(2)12-13)22-20(24)15(3)25-19(23)11-9-16-6-4-5-7-17(16)21/h4-12,15H,1-3H3,(H,22,24)/b11-9+/t15-/m0/s1. The summed E-state index contributed by atoms with van der Waals surface area (Å²) >= 11 is 3.40. The molecule has 0 aliphatic carbocycles. The molecule has 0 saturated heterocycles. The lowest BCUT2D eigenvalue weighted by atomic mass is 10.1. The highest BCUT2D eigenvalue weighted by molar-refractivity contribution is 9.10. The Morgan fingerprint density at radius 1 is 1.16 bits per heavy atom. The van der Waals surface area contributed by atoms with E-state index in [1.807, 2.05) is 56.3 Å². The molecule has 5 heteroatoms. The summed E-state index contributed by atoms with van der Waals surface area (Å²) in [5.74, 6) is -0.936. The summed E-state index contributed by atoms with van der Waals surface area (Å²) in [5.41, 5.74) is 3.64. The lowest BCUT2D eigenvalue weighted by molar-refractivity contribution is -0.148. The zero-order valence-corrected chi connectivity index (χ0v) is 16.0. The maximum absolute atomic E-state index is 12.2. The third-order valence-corrected chi connectivity index (χ3v) is 4.33. The fourth-order valence-corrected chi connectivity index (χ4v) is 2.64. The molecule has 0 aliphatic rings. The monoisotopic (exact) mass is 401 g/mol. The predicted octanol–water partition coefficient (Wildman–Crippen LogP) is 4.65. The van der Waals surface area contributed by atoms with Gasteiger partial charge in [-0.1, -0.05) is 51.8 Å². The van der Waals surface area contributed by atoms with Crippen molar-refractivity contribution in [2.24, 2.45) is 0 Å². The average molecular weight is 402 g/mol. The molecule has 0 spiro atoms. The topological polar surface area (TPSA) is 55.4 Å². The van der Waals surface area contributed by atoms with Gasteiger partial charge in [0.1, 0.15) is 0 Å². The first-order valence-electron chi connectivity index (χ1n) is 7.88. The SMILES string of the molecule is Cc1ccc(NC(=O)[C@H](C)OC(=O)/C=C/c2ccccc2Br)c(C)c1. The van der Waals surface area contributed by atoms with E-state index in [2.05, 4.69) is 21.2 Å². The van der Waals surface area contributed by atoms with Crippen molar-refractivity contribution in [3.63, 3.8) is 0 Å². The van der Waals surface area contributed by atoms with Gasteiger partial charge in [-0.15, -0.1) is 0 Å². The molecule has 0 unspecified atom stereocenters. The van der Waals surface area contributed by atoms with Gasteiger partial charge in [0, 0.05) is 16.2 Å². The number of carbonyl (C=O) groups excluding carboxylic acids is 2. The van der Waals surface area contributed by atoms with Crippen molar-refractivity contribution in [2.75, 3.05) is 5.32 Å². The second kappa shape index (κ2) is 8.62. The average Bonchev–Trinajstić information content (AvgIpc) is 2.56. The quantitative estimate of drug-likeness (QED) is 0.585. The number of aryl methyl sites for hydroxylation is 2. The van der Waals surface area contributed by atoms with Crippen LogP contribution in [0.25, 0.3) is 6.08 Å². The molecule has 0 bridgehead atoms. The van der Waals surface area contributed by atoms with Crippen molar-refractivity contribution < 1.29 is 14.3 Å². The molecule has 1 atom stereocenters. The molecule has 1 amide bonds. The lowest BCUT2D eigenvalue weighted by Crippen LogP contribution is -2.29. The predicted molar refractivity (Wildman–Crippen MR) is 103 cm³/mol. The van der Waals surface area contributed by atoms with Crippen molar-refractivity contribution in [2.45, 2.75) is 26.9 Å². The fourth-order valence-electron chi connectivity index (χ4n) is 2.22. The minimum Gasteiger partial charge on any atom is -0.449 e. The minimum atomic E-state index is -0.892. The number of hydrogen-bond donors (Lipinski definition) is 1. The highest BCUT2D eigenvalue weighted by Crippen LogP contribution is 2.18. The number of rotatable bonds is 5. The van der Waals surface area contributed by atoms with Crippen LogP contribution >= 0.6 is 15.9 Å². The first-order chi connectivity index (χ1) is 11.9. The van der Waals surface area contributed by atoms with Gasteiger partial charge >= 0.3 is 5.97 Å². The smallest absolute Gasteiger partial charge is 0.331 e. The van der Waals surface area contributed by atoms with Crippen LogP contribution in [0.2, 0.25) is 0 Å². The largest absolute Gasteiger partial charge is 0.449 e. The number of ether oxygens (including phenoxy) is 1. The number of halogens is 1. The van der Waals surface area contributed by atoms with Gasteiger partial charge in [0.2, 0.25) is 0 Å². The summed E-state index contributed by atoms with van der Waals surface area (Å²) in [6, 6.07) is 13.2. The van der Waals surface area contributed by atoms with Crippen LogP contribution in [0.3, 0.4) is 0 Å². The van der Waals surface area contributed by atoms with Gasteiger partial charge in [0.25, 0.3) is 5.91 Å². The molecule has 0 saturated carbocycles. The Balaban J connectivity index is 1.94. The van der Waals surface area contributed by atoms with E-state index in [1.54, 1.807) is 13.0 Å². The van der Waals surface area contributed by atoms with Gasteiger partial charge < -0.3 is 10.1 Å². The first kappa shape index (κ1) is 18.9. The van der Waals surface area contributed by atoms with E-state index in [0.29, 0.717) is 5.69 Å². The zero-order valence-electron chi connectivity index (χ0n) is 14.4. The Kier molecular flexibility index (Phi) is 6.53. The van der Waals surface area contributed by atoms with E-state index in [-0.39, 0.29) is 5.91 Å². The maximum atomic E-state index is 12.2. The van der Waals surface area contributed by atoms with Crippen molar-refractivity contribution in [3.8, 4) is 0 Å². The van der Waals surface area contributed by atoms with Crippen LogP contribution in [0.1, 0.15) is 23.6 Å². The molecule has 2 aromatic rings. The normalized spacial score (nSPS) is 12.0. The molecule has 0 fully saturated rings. The first-order valence-corrected chi connectivity index (χ1v) is 8.67. The summed E-state index contributed by atoms with van der Waals surface area (Å²) in [5, 5.41) is 2.78. The van der Waals surface area contributed by atoms with E-state index < -0.39 is 12.1 Å². The number of benzene rings is 2. The number of carbonyl (C=O) groups is 2. The zero-order chi connectivity index (χ0) is 18.4. The third kappa shape index (κ3) is 5.57. The van der Waals surface area contributed by atoms with Gasteiger partial charge in [-0.2, -0.15) is 0 Å². The second-order valence-electron chi connectivity index (χ2n) is 5.74. The molecule has 0 aliphatic heterocycles. The molecular weight excluding hydrogens is 382 g/mol. The van der Waals surface area contributed by atoms with Gasteiger partial charge in [-0.25, -0.2) is 4.79 Å². The fraction of sp³-hybridized carbons (Fsp3) is 0.200. The summed E-state index contributed by atoms with van der Waals surface area (Å²) in [6.45, 7) is 5.45. The van der Waals surface area contributed by atoms with Crippen LogP contribution in [0.15, 0.2) is 53.0 Å². The summed E-state index contributed by atoms with van der Waals surface area (Å²) in [4.78, 5) is 24.1. The van der Waals surface area contributed by atoms with Gasteiger partial charge in [0.05, 0.1) is 0 Å². The Hall–Kier alpha value is -2.40. The minimum absolute atomic E-state index is 0.366. The molecule has 0 heterocycles. The van der Waals surface area contributed by atoms with E-state index in [9.17, 15) is 9.59 Å². The highest BCUT2D eigenvalue weighted by atomic mass is 79.9. The van der Waals surface area contributed by atoms with Crippen LogP contribution in [0.5, 0.6) is 0 Å². The second-order valence-corrected chi connectivity index (χ2v) is 6.60. The van der Waals surface area contributed by atoms with Gasteiger partial charge in [-0.05, 0) is 50.1 Å². The molecule has 0 radical (unpaired) electrons. The van der Waals surface area contributed by atoms with Crippen LogP contribution in [0.4, 0.5) is 5.69 Å². The molecular formula is C20H20BrNO3. The Morgan fingerprint density at radius 3 is 2.56 bits per heavy atom. The molecule has 4 nitrogen and oxygen atoms in total. The van der Waals surface area contributed by atoms with Crippen LogP contribution in [-0.4, -0.2) is 18.0 Å². The van der Waals surface area contributed by atoms with Crippen molar-refractivity contribution in [1.82, 2.24) is 0 Å². The molecule has 2 rings (SSSR count). The van der Waals surface area contributed by atoms with Crippen LogP contribution in [-0.2, 0) is 14.3 Å². The van der Waals surface area contributed by atoms with Crippen molar-refractivity contribution >= 4 is 39.6 Å². The summed E-state index contributed by atoms with van der Waals surface area (Å²) in [6.07, 6.45) is 2.05.